The highest BCUT2D eigenvalue weighted by Gasteiger charge is 2.19. The lowest BCUT2D eigenvalue weighted by Gasteiger charge is -2.17. The van der Waals surface area contributed by atoms with Crippen molar-refractivity contribution in [3.63, 3.8) is 0 Å². The third-order valence-corrected chi connectivity index (χ3v) is 5.10. The number of nitrogens with two attached hydrogens (primary N) is 1. The summed E-state index contributed by atoms with van der Waals surface area (Å²) in [5.74, 6) is 0.0887. The summed E-state index contributed by atoms with van der Waals surface area (Å²) in [6.07, 6.45) is 0.895. The first-order valence-electron chi connectivity index (χ1n) is 7.58. The van der Waals surface area contributed by atoms with Crippen molar-refractivity contribution in [2.24, 2.45) is 11.7 Å². The second-order valence-corrected chi connectivity index (χ2v) is 6.61. The number of carbonyl (C=O) groups excluding carboxylic acids is 1. The van der Waals surface area contributed by atoms with Gasteiger partial charge in [-0.2, -0.15) is 0 Å². The zero-order valence-corrected chi connectivity index (χ0v) is 15.3. The number of thiazole rings is 1. The lowest BCUT2D eigenvalue weighted by molar-refractivity contribution is -0.123. The number of nitrogens with zero attached hydrogens (tertiary/aromatic N) is 1. The molecule has 1 aromatic heterocycles. The van der Waals surface area contributed by atoms with E-state index in [-0.39, 0.29) is 24.2 Å². The van der Waals surface area contributed by atoms with Crippen LogP contribution < -0.4 is 11.1 Å². The Hall–Kier alpha value is -1.43. The number of aromatic nitrogens is 1. The van der Waals surface area contributed by atoms with Gasteiger partial charge in [-0.05, 0) is 12.8 Å². The molecule has 0 fully saturated rings. The Morgan fingerprint density at radius 2 is 2.00 bits per heavy atom. The van der Waals surface area contributed by atoms with Crippen LogP contribution in [0, 0.1) is 12.8 Å². The maximum Gasteiger partial charge on any atom is 0.237 e. The number of carbonyl (C=O) groups is 1. The van der Waals surface area contributed by atoms with E-state index in [0.717, 1.165) is 27.6 Å². The van der Waals surface area contributed by atoms with E-state index in [2.05, 4.69) is 10.3 Å². The maximum atomic E-state index is 12.1. The largest absolute Gasteiger partial charge is 0.350 e. The molecule has 4 nitrogen and oxygen atoms in total. The minimum Gasteiger partial charge on any atom is -0.350 e. The standard InChI is InChI=1S/C17H23N3OS.ClH/c1-4-11(2)15(18)16(21)19-10-14-12(3)20-17(22-14)13-8-6-5-7-9-13;/h5-9,11,15H,4,10,18H2,1-3H3,(H,19,21);1H. The van der Waals surface area contributed by atoms with Crippen LogP contribution in [0.4, 0.5) is 0 Å². The minimum absolute atomic E-state index is 0. The molecule has 23 heavy (non-hydrogen) atoms. The van der Waals surface area contributed by atoms with Crippen molar-refractivity contribution in [2.75, 3.05) is 0 Å². The van der Waals surface area contributed by atoms with Crippen molar-refractivity contribution < 1.29 is 4.79 Å². The number of rotatable bonds is 6. The molecule has 0 saturated carbocycles. The molecule has 126 valence electrons. The van der Waals surface area contributed by atoms with Gasteiger partial charge in [0.15, 0.2) is 0 Å². The SMILES string of the molecule is CCC(C)C(N)C(=O)NCc1sc(-c2ccccc2)nc1C.Cl. The van der Waals surface area contributed by atoms with Gasteiger partial charge in [0.1, 0.15) is 5.01 Å². The molecule has 0 radical (unpaired) electrons. The molecular weight excluding hydrogens is 330 g/mol. The summed E-state index contributed by atoms with van der Waals surface area (Å²) in [7, 11) is 0. The third-order valence-electron chi connectivity index (χ3n) is 3.90. The van der Waals surface area contributed by atoms with Crippen molar-refractivity contribution in [2.45, 2.75) is 39.8 Å². The highest BCUT2D eigenvalue weighted by molar-refractivity contribution is 7.15. The summed E-state index contributed by atoms with van der Waals surface area (Å²) in [4.78, 5) is 17.7. The van der Waals surface area contributed by atoms with Gasteiger partial charge in [0.25, 0.3) is 0 Å². The predicted octanol–water partition coefficient (Wildman–Crippen LogP) is 3.53. The van der Waals surface area contributed by atoms with Gasteiger partial charge in [-0.1, -0.05) is 50.6 Å². The number of halogens is 1. The Kier molecular flexibility index (Phi) is 7.68. The van der Waals surface area contributed by atoms with Gasteiger partial charge in [0.2, 0.25) is 5.91 Å². The fourth-order valence-corrected chi connectivity index (χ4v) is 3.10. The van der Waals surface area contributed by atoms with Gasteiger partial charge in [-0.15, -0.1) is 23.7 Å². The molecule has 0 spiro atoms. The molecule has 2 unspecified atom stereocenters. The molecule has 0 bridgehead atoms. The smallest absolute Gasteiger partial charge is 0.237 e. The van der Waals surface area contributed by atoms with Gasteiger partial charge >= 0.3 is 0 Å². The lowest BCUT2D eigenvalue weighted by Crippen LogP contribution is -2.44. The molecule has 2 atom stereocenters. The van der Waals surface area contributed by atoms with E-state index in [9.17, 15) is 4.79 Å². The normalized spacial score (nSPS) is 13.0. The monoisotopic (exact) mass is 353 g/mol. The van der Waals surface area contributed by atoms with E-state index < -0.39 is 6.04 Å². The quantitative estimate of drug-likeness (QED) is 0.834. The van der Waals surface area contributed by atoms with Crippen LogP contribution in [0.1, 0.15) is 30.8 Å². The van der Waals surface area contributed by atoms with Crippen molar-refractivity contribution in [1.29, 1.82) is 0 Å². The zero-order valence-electron chi connectivity index (χ0n) is 13.7. The van der Waals surface area contributed by atoms with Gasteiger partial charge in [-0.3, -0.25) is 4.79 Å². The molecule has 0 aliphatic rings. The molecule has 3 N–H and O–H groups in total. The summed E-state index contributed by atoms with van der Waals surface area (Å²) >= 11 is 1.61. The fourth-order valence-electron chi connectivity index (χ4n) is 2.09. The van der Waals surface area contributed by atoms with Crippen molar-refractivity contribution in [1.82, 2.24) is 10.3 Å². The van der Waals surface area contributed by atoms with E-state index in [0.29, 0.717) is 6.54 Å². The Labute approximate surface area is 147 Å². The first kappa shape index (κ1) is 19.6. The van der Waals surface area contributed by atoms with Crippen LogP contribution in [0.15, 0.2) is 30.3 Å². The average molecular weight is 354 g/mol. The van der Waals surface area contributed by atoms with Gasteiger partial charge in [0, 0.05) is 10.4 Å². The molecule has 1 amide bonds. The second kappa shape index (κ2) is 9.01. The fraction of sp³-hybridized carbons (Fsp3) is 0.412. The van der Waals surface area contributed by atoms with E-state index in [1.54, 1.807) is 11.3 Å². The number of amides is 1. The molecule has 2 rings (SSSR count). The number of hydrogen-bond acceptors (Lipinski definition) is 4. The number of hydrogen-bond donors (Lipinski definition) is 2. The third kappa shape index (κ3) is 5.03. The first-order valence-corrected chi connectivity index (χ1v) is 8.39. The molecule has 1 aromatic carbocycles. The zero-order chi connectivity index (χ0) is 16.1. The van der Waals surface area contributed by atoms with Crippen LogP contribution in [0.5, 0.6) is 0 Å². The van der Waals surface area contributed by atoms with Crippen LogP contribution in [0.25, 0.3) is 10.6 Å². The Morgan fingerprint density at radius 1 is 1.35 bits per heavy atom. The van der Waals surface area contributed by atoms with Crippen molar-refractivity contribution in [3.8, 4) is 10.6 Å². The Morgan fingerprint density at radius 3 is 2.61 bits per heavy atom. The minimum atomic E-state index is -0.452. The summed E-state index contributed by atoms with van der Waals surface area (Å²) in [5.41, 5.74) is 8.01. The average Bonchev–Trinajstić information content (AvgIpc) is 2.93. The molecule has 6 heteroatoms. The highest BCUT2D eigenvalue weighted by Crippen LogP contribution is 2.27. The summed E-state index contributed by atoms with van der Waals surface area (Å²) < 4.78 is 0. The number of nitrogens with one attached hydrogen (secondary N) is 1. The lowest BCUT2D eigenvalue weighted by atomic mass is 9.99. The number of benzene rings is 1. The number of aryl methyl sites for hydroxylation is 1. The summed E-state index contributed by atoms with van der Waals surface area (Å²) in [6, 6.07) is 9.62. The topological polar surface area (TPSA) is 68.0 Å². The molecular formula is C17H24ClN3OS. The van der Waals surface area contributed by atoms with Gasteiger partial charge in [0.05, 0.1) is 18.3 Å². The first-order chi connectivity index (χ1) is 10.5. The summed E-state index contributed by atoms with van der Waals surface area (Å²) in [5, 5.41) is 3.91. The van der Waals surface area contributed by atoms with Crippen LogP contribution in [-0.4, -0.2) is 16.9 Å². The second-order valence-electron chi connectivity index (χ2n) is 5.52. The molecule has 2 aromatic rings. The summed E-state index contributed by atoms with van der Waals surface area (Å²) in [6.45, 7) is 6.49. The van der Waals surface area contributed by atoms with Crippen LogP contribution >= 0.6 is 23.7 Å². The highest BCUT2D eigenvalue weighted by atomic mass is 35.5. The molecule has 0 aliphatic heterocycles. The van der Waals surface area contributed by atoms with E-state index in [1.165, 1.54) is 0 Å². The van der Waals surface area contributed by atoms with Gasteiger partial charge in [-0.25, -0.2) is 4.98 Å². The van der Waals surface area contributed by atoms with E-state index in [1.807, 2.05) is 51.1 Å². The van der Waals surface area contributed by atoms with Crippen molar-refractivity contribution >= 4 is 29.7 Å². The van der Waals surface area contributed by atoms with Crippen LogP contribution in [0.2, 0.25) is 0 Å². The molecule has 1 heterocycles. The molecule has 0 saturated heterocycles. The van der Waals surface area contributed by atoms with E-state index in [4.69, 9.17) is 5.73 Å². The predicted molar refractivity (Wildman–Crippen MR) is 98.8 cm³/mol. The Balaban J connectivity index is 0.00000264. The Bertz CT molecular complexity index is 630. The molecule has 0 aliphatic carbocycles. The van der Waals surface area contributed by atoms with Crippen molar-refractivity contribution in [3.05, 3.63) is 40.9 Å². The van der Waals surface area contributed by atoms with Crippen LogP contribution in [-0.2, 0) is 11.3 Å². The van der Waals surface area contributed by atoms with E-state index >= 15 is 0 Å². The van der Waals surface area contributed by atoms with Crippen LogP contribution in [0.3, 0.4) is 0 Å². The maximum absolute atomic E-state index is 12.1. The van der Waals surface area contributed by atoms with Gasteiger partial charge < -0.3 is 11.1 Å².